The highest BCUT2D eigenvalue weighted by molar-refractivity contribution is 5.24. The zero-order chi connectivity index (χ0) is 11.7. The normalized spacial score (nSPS) is 31.7. The van der Waals surface area contributed by atoms with Gasteiger partial charge in [-0.3, -0.25) is 0 Å². The van der Waals surface area contributed by atoms with Gasteiger partial charge in [0.15, 0.2) is 0 Å². The summed E-state index contributed by atoms with van der Waals surface area (Å²) in [5.41, 5.74) is 2.81. The summed E-state index contributed by atoms with van der Waals surface area (Å²) in [5, 5.41) is 0. The van der Waals surface area contributed by atoms with Gasteiger partial charge in [0.2, 0.25) is 0 Å². The minimum absolute atomic E-state index is 0.347. The van der Waals surface area contributed by atoms with Gasteiger partial charge in [0, 0.05) is 13.0 Å². The highest BCUT2D eigenvalue weighted by atomic mass is 16.6. The van der Waals surface area contributed by atoms with Gasteiger partial charge in [-0.15, -0.1) is 0 Å². The summed E-state index contributed by atoms with van der Waals surface area (Å²) in [6.07, 6.45) is 5.40. The Morgan fingerprint density at radius 1 is 1.24 bits per heavy atom. The average molecular weight is 232 g/mol. The Balaban J connectivity index is 1.64. The monoisotopic (exact) mass is 232 g/mol. The van der Waals surface area contributed by atoms with Gasteiger partial charge in [-0.2, -0.15) is 0 Å². The van der Waals surface area contributed by atoms with Crippen LogP contribution in [0.2, 0.25) is 0 Å². The maximum Gasteiger partial charge on any atom is 0.0867 e. The summed E-state index contributed by atoms with van der Waals surface area (Å²) < 4.78 is 11.7. The van der Waals surface area contributed by atoms with Crippen LogP contribution in [-0.2, 0) is 22.3 Å². The standard InChI is InChI=1S/C15H20O2/c1-2-11-4-3-5-12(8-11)9-13-6-7-16-14-10-15(14)17-13/h3-5,8,13-15H,2,6-7,9-10H2,1H3/t13?,14?,15-/m1/s1. The molecule has 2 aliphatic rings. The lowest BCUT2D eigenvalue weighted by Crippen LogP contribution is -2.17. The molecule has 2 nitrogen and oxygen atoms in total. The predicted octanol–water partition coefficient (Wildman–Crippen LogP) is 2.74. The second-order valence-electron chi connectivity index (χ2n) is 5.11. The number of benzene rings is 1. The Labute approximate surface area is 103 Å². The first-order valence-corrected chi connectivity index (χ1v) is 6.70. The van der Waals surface area contributed by atoms with Crippen molar-refractivity contribution >= 4 is 0 Å². The molecule has 1 aromatic carbocycles. The lowest BCUT2D eigenvalue weighted by molar-refractivity contribution is 0.0397. The molecule has 17 heavy (non-hydrogen) atoms. The molecule has 1 aliphatic carbocycles. The number of ether oxygens (including phenoxy) is 2. The van der Waals surface area contributed by atoms with Gasteiger partial charge in [-0.25, -0.2) is 0 Å². The van der Waals surface area contributed by atoms with E-state index in [1.54, 1.807) is 0 Å². The van der Waals surface area contributed by atoms with Crippen LogP contribution in [0.3, 0.4) is 0 Å². The Morgan fingerprint density at radius 3 is 3.00 bits per heavy atom. The fourth-order valence-electron chi connectivity index (χ4n) is 2.52. The molecule has 0 amide bonds. The van der Waals surface area contributed by atoms with Crippen molar-refractivity contribution in [1.29, 1.82) is 0 Å². The molecule has 1 saturated heterocycles. The van der Waals surface area contributed by atoms with E-state index < -0.39 is 0 Å². The molecule has 2 fully saturated rings. The first-order valence-electron chi connectivity index (χ1n) is 6.70. The highest BCUT2D eigenvalue weighted by Crippen LogP contribution is 2.34. The predicted molar refractivity (Wildman–Crippen MR) is 67.2 cm³/mol. The van der Waals surface area contributed by atoms with Crippen LogP contribution < -0.4 is 0 Å². The van der Waals surface area contributed by atoms with E-state index in [0.717, 1.165) is 32.3 Å². The van der Waals surface area contributed by atoms with Crippen molar-refractivity contribution in [3.8, 4) is 0 Å². The Bertz CT molecular complexity index is 388. The molecule has 0 spiro atoms. The minimum Gasteiger partial charge on any atom is -0.375 e. The number of hydrogen-bond acceptors (Lipinski definition) is 2. The molecule has 92 valence electrons. The Morgan fingerprint density at radius 2 is 2.12 bits per heavy atom. The molecule has 0 aromatic heterocycles. The summed E-state index contributed by atoms with van der Waals surface area (Å²) in [5.74, 6) is 0. The molecule has 1 heterocycles. The van der Waals surface area contributed by atoms with Crippen LogP contribution in [0, 0.1) is 0 Å². The average Bonchev–Trinajstić information content (AvgIpc) is 3.07. The molecule has 0 radical (unpaired) electrons. The first-order chi connectivity index (χ1) is 8.35. The third-order valence-electron chi connectivity index (χ3n) is 3.68. The molecule has 1 aliphatic heterocycles. The van der Waals surface area contributed by atoms with E-state index in [1.165, 1.54) is 11.1 Å². The molecule has 2 unspecified atom stereocenters. The summed E-state index contributed by atoms with van der Waals surface area (Å²) in [6.45, 7) is 3.06. The lowest BCUT2D eigenvalue weighted by atomic mass is 10.0. The van der Waals surface area contributed by atoms with Crippen molar-refractivity contribution in [2.45, 2.75) is 50.9 Å². The van der Waals surface area contributed by atoms with Gasteiger partial charge in [0.05, 0.1) is 18.3 Å². The molecule has 0 N–H and O–H groups in total. The maximum atomic E-state index is 6.04. The van der Waals surface area contributed by atoms with Crippen LogP contribution in [0.4, 0.5) is 0 Å². The van der Waals surface area contributed by atoms with E-state index in [1.807, 2.05) is 0 Å². The molecular formula is C15H20O2. The van der Waals surface area contributed by atoms with E-state index in [9.17, 15) is 0 Å². The fourth-order valence-corrected chi connectivity index (χ4v) is 2.52. The van der Waals surface area contributed by atoms with E-state index >= 15 is 0 Å². The van der Waals surface area contributed by atoms with E-state index in [2.05, 4.69) is 31.2 Å². The van der Waals surface area contributed by atoms with Crippen LogP contribution in [0.15, 0.2) is 24.3 Å². The third kappa shape index (κ3) is 2.70. The Hall–Kier alpha value is -0.860. The molecule has 3 rings (SSSR count). The summed E-state index contributed by atoms with van der Waals surface area (Å²) in [4.78, 5) is 0. The second kappa shape index (κ2) is 4.79. The fraction of sp³-hybridized carbons (Fsp3) is 0.600. The molecular weight excluding hydrogens is 212 g/mol. The largest absolute Gasteiger partial charge is 0.375 e. The van der Waals surface area contributed by atoms with Crippen LogP contribution in [-0.4, -0.2) is 24.9 Å². The van der Waals surface area contributed by atoms with Gasteiger partial charge in [0.25, 0.3) is 0 Å². The topological polar surface area (TPSA) is 18.5 Å². The van der Waals surface area contributed by atoms with Gasteiger partial charge in [-0.1, -0.05) is 31.2 Å². The quantitative estimate of drug-likeness (QED) is 0.797. The van der Waals surface area contributed by atoms with Crippen molar-refractivity contribution in [1.82, 2.24) is 0 Å². The maximum absolute atomic E-state index is 6.04. The highest BCUT2D eigenvalue weighted by Gasteiger charge is 2.43. The van der Waals surface area contributed by atoms with Gasteiger partial charge in [0.1, 0.15) is 0 Å². The smallest absolute Gasteiger partial charge is 0.0867 e. The SMILES string of the molecule is CCc1cccc(CC2CCOC3C[C@H]3O2)c1. The van der Waals surface area contributed by atoms with Crippen LogP contribution >= 0.6 is 0 Å². The molecule has 2 heteroatoms. The number of aryl methyl sites for hydroxylation is 1. The third-order valence-corrected chi connectivity index (χ3v) is 3.68. The zero-order valence-electron chi connectivity index (χ0n) is 10.4. The Kier molecular flexibility index (Phi) is 3.17. The van der Waals surface area contributed by atoms with Crippen LogP contribution in [0.1, 0.15) is 30.9 Å². The van der Waals surface area contributed by atoms with Crippen LogP contribution in [0.5, 0.6) is 0 Å². The van der Waals surface area contributed by atoms with E-state index in [-0.39, 0.29) is 0 Å². The minimum atomic E-state index is 0.347. The summed E-state index contributed by atoms with van der Waals surface area (Å²) in [7, 11) is 0. The number of fused-ring (bicyclic) bond motifs is 1. The van der Waals surface area contributed by atoms with E-state index in [4.69, 9.17) is 9.47 Å². The molecule has 0 bridgehead atoms. The van der Waals surface area contributed by atoms with Crippen molar-refractivity contribution in [3.05, 3.63) is 35.4 Å². The van der Waals surface area contributed by atoms with Gasteiger partial charge in [-0.05, 0) is 30.4 Å². The van der Waals surface area contributed by atoms with Crippen LogP contribution in [0.25, 0.3) is 0 Å². The van der Waals surface area contributed by atoms with Crippen molar-refractivity contribution in [2.24, 2.45) is 0 Å². The molecule has 3 atom stereocenters. The number of rotatable bonds is 3. The zero-order valence-corrected chi connectivity index (χ0v) is 10.4. The summed E-state index contributed by atoms with van der Waals surface area (Å²) in [6, 6.07) is 8.86. The lowest BCUT2D eigenvalue weighted by Gasteiger charge is -2.15. The second-order valence-corrected chi connectivity index (χ2v) is 5.11. The van der Waals surface area contributed by atoms with Gasteiger partial charge >= 0.3 is 0 Å². The molecule has 1 saturated carbocycles. The van der Waals surface area contributed by atoms with Crippen molar-refractivity contribution in [3.63, 3.8) is 0 Å². The number of hydrogen-bond donors (Lipinski definition) is 0. The molecule has 1 aromatic rings. The van der Waals surface area contributed by atoms with Crippen molar-refractivity contribution in [2.75, 3.05) is 6.61 Å². The first kappa shape index (κ1) is 11.2. The van der Waals surface area contributed by atoms with Crippen molar-refractivity contribution < 1.29 is 9.47 Å². The van der Waals surface area contributed by atoms with Gasteiger partial charge < -0.3 is 9.47 Å². The summed E-state index contributed by atoms with van der Waals surface area (Å²) >= 11 is 0. The van der Waals surface area contributed by atoms with E-state index in [0.29, 0.717) is 18.3 Å².